The number of para-hydroxylation sites is 1. The molecule has 0 aliphatic carbocycles. The van der Waals surface area contributed by atoms with Crippen molar-refractivity contribution >= 4 is 40.9 Å². The molecule has 9 nitrogen and oxygen atoms in total. The van der Waals surface area contributed by atoms with Gasteiger partial charge in [-0.3, -0.25) is 34.9 Å². The molecule has 2 aliphatic heterocycles. The second kappa shape index (κ2) is 7.59. The average Bonchev–Trinajstić information content (AvgIpc) is 3.06. The lowest BCUT2D eigenvalue weighted by molar-refractivity contribution is -0.124. The number of fused-ring (bicyclic) bond motifs is 3. The normalized spacial score (nSPS) is 19.7. The summed E-state index contributed by atoms with van der Waals surface area (Å²) in [6, 6.07) is 10.7. The van der Waals surface area contributed by atoms with Crippen LogP contribution in [-0.2, 0) is 9.59 Å². The third-order valence-electron chi connectivity index (χ3n) is 5.57. The van der Waals surface area contributed by atoms with Crippen molar-refractivity contribution in [3.05, 3.63) is 58.6 Å². The number of hydrogen-bond donors (Lipinski definition) is 3. The molecule has 31 heavy (non-hydrogen) atoms. The van der Waals surface area contributed by atoms with Crippen LogP contribution in [0.5, 0.6) is 5.75 Å². The Morgan fingerprint density at radius 2 is 1.90 bits per heavy atom. The predicted molar refractivity (Wildman–Crippen MR) is 111 cm³/mol. The van der Waals surface area contributed by atoms with E-state index in [1.807, 2.05) is 0 Å². The van der Waals surface area contributed by atoms with Gasteiger partial charge in [0.25, 0.3) is 17.7 Å². The van der Waals surface area contributed by atoms with E-state index in [1.54, 1.807) is 36.1 Å². The maximum atomic E-state index is 13.1. The van der Waals surface area contributed by atoms with Crippen LogP contribution < -0.4 is 15.8 Å². The van der Waals surface area contributed by atoms with Crippen molar-refractivity contribution in [2.45, 2.75) is 25.4 Å². The highest BCUT2D eigenvalue weighted by molar-refractivity contribution is 6.31. The van der Waals surface area contributed by atoms with Crippen LogP contribution in [0.15, 0.2) is 42.5 Å². The van der Waals surface area contributed by atoms with E-state index in [4.69, 9.17) is 11.6 Å². The summed E-state index contributed by atoms with van der Waals surface area (Å²) < 4.78 is 0. The van der Waals surface area contributed by atoms with Gasteiger partial charge in [-0.15, -0.1) is 0 Å². The molecule has 1 unspecified atom stereocenters. The fourth-order valence-corrected chi connectivity index (χ4v) is 4.18. The largest absolute Gasteiger partial charge is 0.507 e. The first-order valence-electron chi connectivity index (χ1n) is 9.54. The maximum absolute atomic E-state index is 13.1. The van der Waals surface area contributed by atoms with Crippen LogP contribution in [0.1, 0.15) is 40.5 Å². The van der Waals surface area contributed by atoms with E-state index < -0.39 is 17.5 Å². The van der Waals surface area contributed by atoms with Crippen LogP contribution in [-0.4, -0.2) is 45.8 Å². The van der Waals surface area contributed by atoms with E-state index >= 15 is 0 Å². The summed E-state index contributed by atoms with van der Waals surface area (Å²) in [4.78, 5) is 53.4. The SMILES string of the molecule is CC12CCC(=O)N1c1ccccc1C(=O)N2CC(=O)NNC(=O)c1cc(Cl)ccc1O. The summed E-state index contributed by atoms with van der Waals surface area (Å²) in [7, 11) is 0. The number of amides is 4. The van der Waals surface area contributed by atoms with E-state index in [1.165, 1.54) is 23.1 Å². The van der Waals surface area contributed by atoms with Crippen molar-refractivity contribution in [3.63, 3.8) is 0 Å². The number of hydrazine groups is 1. The van der Waals surface area contributed by atoms with E-state index in [2.05, 4.69) is 10.9 Å². The van der Waals surface area contributed by atoms with Crippen LogP contribution in [0.3, 0.4) is 0 Å². The lowest BCUT2D eigenvalue weighted by Crippen LogP contribution is -2.64. The van der Waals surface area contributed by atoms with E-state index in [0.717, 1.165) is 0 Å². The number of phenolic OH excluding ortho intramolecular Hbond substituents is 1. The number of carbonyl (C=O) groups excluding carboxylic acids is 4. The van der Waals surface area contributed by atoms with Crippen LogP contribution in [0.25, 0.3) is 0 Å². The van der Waals surface area contributed by atoms with Gasteiger partial charge in [0.15, 0.2) is 0 Å². The van der Waals surface area contributed by atoms with Gasteiger partial charge in [-0.25, -0.2) is 0 Å². The third-order valence-corrected chi connectivity index (χ3v) is 5.80. The molecule has 10 heteroatoms. The second-order valence-corrected chi connectivity index (χ2v) is 7.95. The van der Waals surface area contributed by atoms with Crippen LogP contribution in [0.2, 0.25) is 5.02 Å². The number of carbonyl (C=O) groups is 4. The lowest BCUT2D eigenvalue weighted by atomic mass is 9.98. The Balaban J connectivity index is 1.51. The summed E-state index contributed by atoms with van der Waals surface area (Å²) in [5, 5.41) is 10.0. The van der Waals surface area contributed by atoms with Crippen LogP contribution >= 0.6 is 11.6 Å². The van der Waals surface area contributed by atoms with Gasteiger partial charge in [0.1, 0.15) is 18.0 Å². The zero-order chi connectivity index (χ0) is 22.3. The quantitative estimate of drug-likeness (QED) is 0.626. The summed E-state index contributed by atoms with van der Waals surface area (Å²) in [5.41, 5.74) is 4.18. The topological polar surface area (TPSA) is 119 Å². The fourth-order valence-electron chi connectivity index (χ4n) is 4.01. The number of halogens is 1. The first kappa shape index (κ1) is 20.7. The number of aromatic hydroxyl groups is 1. The molecule has 3 N–H and O–H groups in total. The lowest BCUT2D eigenvalue weighted by Gasteiger charge is -2.48. The Kier molecular flexibility index (Phi) is 5.06. The first-order valence-corrected chi connectivity index (χ1v) is 9.92. The van der Waals surface area contributed by atoms with Gasteiger partial charge >= 0.3 is 0 Å². The molecule has 4 rings (SSSR count). The molecule has 1 atom stereocenters. The summed E-state index contributed by atoms with van der Waals surface area (Å²) in [6.45, 7) is 1.36. The monoisotopic (exact) mass is 442 g/mol. The zero-order valence-corrected chi connectivity index (χ0v) is 17.3. The first-order chi connectivity index (χ1) is 14.7. The molecule has 4 amide bonds. The van der Waals surface area contributed by atoms with Crippen molar-refractivity contribution < 1.29 is 24.3 Å². The number of nitrogens with zero attached hydrogens (tertiary/aromatic N) is 2. The van der Waals surface area contributed by atoms with Gasteiger partial charge in [0.05, 0.1) is 16.8 Å². The van der Waals surface area contributed by atoms with Gasteiger partial charge in [0, 0.05) is 11.4 Å². The summed E-state index contributed by atoms with van der Waals surface area (Å²) in [6.07, 6.45) is 0.628. The van der Waals surface area contributed by atoms with E-state index in [9.17, 15) is 24.3 Å². The number of benzene rings is 2. The van der Waals surface area contributed by atoms with Crippen molar-refractivity contribution in [3.8, 4) is 5.75 Å². The molecule has 160 valence electrons. The molecule has 2 aromatic rings. The second-order valence-electron chi connectivity index (χ2n) is 7.52. The fraction of sp³-hybridized carbons (Fsp3) is 0.238. The zero-order valence-electron chi connectivity index (χ0n) is 16.5. The number of rotatable bonds is 3. The Hall–Kier alpha value is -3.59. The van der Waals surface area contributed by atoms with Crippen molar-refractivity contribution in [2.75, 3.05) is 11.4 Å². The van der Waals surface area contributed by atoms with Gasteiger partial charge in [-0.2, -0.15) is 0 Å². The minimum atomic E-state index is -0.991. The highest BCUT2D eigenvalue weighted by Gasteiger charge is 2.53. The molecule has 1 fully saturated rings. The molecular weight excluding hydrogens is 424 g/mol. The number of nitrogens with one attached hydrogen (secondary N) is 2. The highest BCUT2D eigenvalue weighted by atomic mass is 35.5. The predicted octanol–water partition coefficient (Wildman–Crippen LogP) is 1.81. The molecule has 0 bridgehead atoms. The number of hydrogen-bond acceptors (Lipinski definition) is 5. The van der Waals surface area contributed by atoms with Gasteiger partial charge in [-0.05, 0) is 43.7 Å². The minimum Gasteiger partial charge on any atom is -0.507 e. The van der Waals surface area contributed by atoms with E-state index in [0.29, 0.717) is 17.7 Å². The Labute approximate surface area is 182 Å². The molecule has 2 aliphatic rings. The molecule has 1 saturated heterocycles. The van der Waals surface area contributed by atoms with Crippen molar-refractivity contribution in [1.82, 2.24) is 15.8 Å². The Morgan fingerprint density at radius 1 is 1.16 bits per heavy atom. The molecule has 0 spiro atoms. The van der Waals surface area contributed by atoms with Crippen molar-refractivity contribution in [2.24, 2.45) is 0 Å². The van der Waals surface area contributed by atoms with Crippen molar-refractivity contribution in [1.29, 1.82) is 0 Å². The van der Waals surface area contributed by atoms with Gasteiger partial charge in [-0.1, -0.05) is 23.7 Å². The average molecular weight is 443 g/mol. The summed E-state index contributed by atoms with van der Waals surface area (Å²) >= 11 is 5.83. The van der Waals surface area contributed by atoms with Crippen LogP contribution in [0.4, 0.5) is 5.69 Å². The molecule has 0 saturated carbocycles. The van der Waals surface area contributed by atoms with Gasteiger partial charge in [0.2, 0.25) is 5.91 Å². The molecule has 0 aromatic heterocycles. The third kappa shape index (κ3) is 3.46. The maximum Gasteiger partial charge on any atom is 0.273 e. The minimum absolute atomic E-state index is 0.115. The number of anilines is 1. The highest BCUT2D eigenvalue weighted by Crippen LogP contribution is 2.43. The standard InChI is InChI=1S/C21H19ClN4O5/c1-21-9-8-18(29)26(21)15-5-3-2-4-13(15)20(31)25(21)11-17(28)23-24-19(30)14-10-12(22)6-7-16(14)27/h2-7,10,27H,8-9,11H2,1H3,(H,23,28)(H,24,30). The number of phenols is 1. The Bertz CT molecular complexity index is 1120. The van der Waals surface area contributed by atoms with Gasteiger partial charge < -0.3 is 10.0 Å². The Morgan fingerprint density at radius 3 is 2.68 bits per heavy atom. The van der Waals surface area contributed by atoms with E-state index in [-0.39, 0.29) is 41.1 Å². The van der Waals surface area contributed by atoms with Crippen LogP contribution in [0, 0.1) is 0 Å². The smallest absolute Gasteiger partial charge is 0.273 e. The molecule has 0 radical (unpaired) electrons. The molecular formula is C21H19ClN4O5. The molecule has 2 heterocycles. The molecule has 2 aromatic carbocycles. The summed E-state index contributed by atoms with van der Waals surface area (Å²) in [5.74, 6) is -2.24.